The summed E-state index contributed by atoms with van der Waals surface area (Å²) in [6.07, 6.45) is 0.397. The van der Waals surface area contributed by atoms with Crippen LogP contribution in [0.5, 0.6) is 0 Å². The van der Waals surface area contributed by atoms with E-state index in [1.807, 2.05) is 30.3 Å². The number of hydrogen-bond acceptors (Lipinski definition) is 3. The predicted octanol–water partition coefficient (Wildman–Crippen LogP) is 4.24. The highest BCUT2D eigenvalue weighted by atomic mass is 79.9. The maximum absolute atomic E-state index is 12.5. The van der Waals surface area contributed by atoms with Crippen molar-refractivity contribution in [2.75, 3.05) is 0 Å². The molecule has 5 nitrogen and oxygen atoms in total. The molecular weight excluding hydrogens is 404 g/mol. The third kappa shape index (κ3) is 3.57. The number of fused-ring (bicyclic) bond motifs is 1. The van der Waals surface area contributed by atoms with Crippen molar-refractivity contribution < 1.29 is 14.7 Å². The van der Waals surface area contributed by atoms with Gasteiger partial charge in [0.05, 0.1) is 10.2 Å². The third-order valence-corrected chi connectivity index (χ3v) is 5.31. The quantitative estimate of drug-likeness (QED) is 0.688. The highest BCUT2D eigenvalue weighted by Gasteiger charge is 2.21. The van der Waals surface area contributed by atoms with Crippen molar-refractivity contribution in [2.24, 2.45) is 4.99 Å². The number of nitrogens with zero attached hydrogens (tertiary/aromatic N) is 2. The topological polar surface area (TPSA) is 71.7 Å². The Balaban J connectivity index is 2.21. The summed E-state index contributed by atoms with van der Waals surface area (Å²) in [5.74, 6) is -1.34. The first-order chi connectivity index (χ1) is 12.0. The second kappa shape index (κ2) is 7.33. The molecule has 7 heteroatoms. The standard InChI is InChI=1S/C18H15BrN2O3S/c1-2-13(17(23)24)21-14-8-3-4-9-15(14)25-18(21)20-16(22)11-6-5-7-12(19)10-11/h3-10,13H,2H2,1H3,(H,23,24)/b20-18-. The minimum Gasteiger partial charge on any atom is -0.480 e. The van der Waals surface area contributed by atoms with E-state index in [-0.39, 0.29) is 0 Å². The van der Waals surface area contributed by atoms with Crippen LogP contribution in [0.2, 0.25) is 0 Å². The van der Waals surface area contributed by atoms with Gasteiger partial charge >= 0.3 is 5.97 Å². The number of benzene rings is 2. The SMILES string of the molecule is CCC(C(=O)O)n1/c(=N/C(=O)c2cccc(Br)c2)sc2ccccc21. The highest BCUT2D eigenvalue weighted by molar-refractivity contribution is 9.10. The van der Waals surface area contributed by atoms with Gasteiger partial charge < -0.3 is 9.67 Å². The number of para-hydroxylation sites is 1. The van der Waals surface area contributed by atoms with Crippen LogP contribution >= 0.6 is 27.3 Å². The Kier molecular flexibility index (Phi) is 5.15. The lowest BCUT2D eigenvalue weighted by molar-refractivity contribution is -0.140. The molecule has 0 bridgehead atoms. The number of carboxylic acids is 1. The van der Waals surface area contributed by atoms with E-state index in [0.29, 0.717) is 16.8 Å². The molecule has 1 heterocycles. The number of carbonyl (C=O) groups excluding carboxylic acids is 1. The zero-order valence-electron chi connectivity index (χ0n) is 13.3. The monoisotopic (exact) mass is 418 g/mol. The summed E-state index contributed by atoms with van der Waals surface area (Å²) >= 11 is 4.65. The van der Waals surface area contributed by atoms with Crippen LogP contribution in [-0.2, 0) is 4.79 Å². The average molecular weight is 419 g/mol. The van der Waals surface area contributed by atoms with Gasteiger partial charge in [-0.05, 0) is 36.8 Å². The Labute approximate surface area is 156 Å². The van der Waals surface area contributed by atoms with Crippen molar-refractivity contribution in [2.45, 2.75) is 19.4 Å². The number of aliphatic carboxylic acids is 1. The first kappa shape index (κ1) is 17.6. The molecule has 1 unspecified atom stereocenters. The van der Waals surface area contributed by atoms with Gasteiger partial charge in [0, 0.05) is 10.0 Å². The van der Waals surface area contributed by atoms with E-state index in [4.69, 9.17) is 0 Å². The molecule has 0 spiro atoms. The number of carbonyl (C=O) groups is 2. The average Bonchev–Trinajstić information content (AvgIpc) is 2.93. The number of hydrogen-bond donors (Lipinski definition) is 1. The van der Waals surface area contributed by atoms with E-state index in [0.717, 1.165) is 14.7 Å². The summed E-state index contributed by atoms with van der Waals surface area (Å²) in [6, 6.07) is 13.7. The molecule has 0 aliphatic rings. The van der Waals surface area contributed by atoms with E-state index in [2.05, 4.69) is 20.9 Å². The van der Waals surface area contributed by atoms with E-state index >= 15 is 0 Å². The summed E-state index contributed by atoms with van der Waals surface area (Å²) in [5, 5.41) is 9.57. The number of aromatic nitrogens is 1. The van der Waals surface area contributed by atoms with Crippen molar-refractivity contribution >= 4 is 49.4 Å². The fraction of sp³-hybridized carbons (Fsp3) is 0.167. The molecule has 25 heavy (non-hydrogen) atoms. The van der Waals surface area contributed by atoms with Crippen LogP contribution in [0.15, 0.2) is 58.0 Å². The molecule has 1 atom stereocenters. The zero-order valence-corrected chi connectivity index (χ0v) is 15.8. The van der Waals surface area contributed by atoms with Crippen molar-refractivity contribution in [1.29, 1.82) is 0 Å². The summed E-state index contributed by atoms with van der Waals surface area (Å²) in [4.78, 5) is 28.8. The molecule has 1 aromatic heterocycles. The molecule has 3 aromatic rings. The van der Waals surface area contributed by atoms with Gasteiger partial charge in [-0.25, -0.2) is 4.79 Å². The molecule has 0 aliphatic heterocycles. The maximum Gasteiger partial charge on any atom is 0.326 e. The van der Waals surface area contributed by atoms with E-state index in [1.54, 1.807) is 29.7 Å². The lowest BCUT2D eigenvalue weighted by atomic mass is 10.2. The Morgan fingerprint density at radius 3 is 2.68 bits per heavy atom. The van der Waals surface area contributed by atoms with Gasteiger partial charge in [-0.15, -0.1) is 0 Å². The highest BCUT2D eigenvalue weighted by Crippen LogP contribution is 2.22. The van der Waals surface area contributed by atoms with Gasteiger partial charge in [-0.2, -0.15) is 4.99 Å². The zero-order chi connectivity index (χ0) is 18.0. The van der Waals surface area contributed by atoms with Crippen molar-refractivity contribution in [3.63, 3.8) is 0 Å². The van der Waals surface area contributed by atoms with Gasteiger partial charge in [0.15, 0.2) is 4.80 Å². The van der Waals surface area contributed by atoms with Crippen molar-refractivity contribution in [3.05, 3.63) is 63.4 Å². The van der Waals surface area contributed by atoms with Crippen LogP contribution in [0.4, 0.5) is 0 Å². The van der Waals surface area contributed by atoms with E-state index < -0.39 is 17.9 Å². The van der Waals surface area contributed by atoms with Crippen molar-refractivity contribution in [3.8, 4) is 0 Å². The second-order valence-electron chi connectivity index (χ2n) is 5.41. The smallest absolute Gasteiger partial charge is 0.326 e. The van der Waals surface area contributed by atoms with Gasteiger partial charge in [0.1, 0.15) is 6.04 Å². The van der Waals surface area contributed by atoms with Gasteiger partial charge in [0.2, 0.25) is 0 Å². The number of rotatable bonds is 4. The Morgan fingerprint density at radius 2 is 2.00 bits per heavy atom. The molecule has 0 fully saturated rings. The minimum absolute atomic E-state index is 0.389. The molecule has 1 amide bonds. The first-order valence-electron chi connectivity index (χ1n) is 7.68. The normalized spacial score (nSPS) is 13.1. The number of carboxylic acid groups (broad SMARTS) is 1. The lowest BCUT2D eigenvalue weighted by Gasteiger charge is -2.13. The van der Waals surface area contributed by atoms with Crippen LogP contribution in [-0.4, -0.2) is 21.6 Å². The number of thiazole rings is 1. The van der Waals surface area contributed by atoms with Crippen LogP contribution in [0.1, 0.15) is 29.7 Å². The lowest BCUT2D eigenvalue weighted by Crippen LogP contribution is -2.27. The summed E-state index contributed by atoms with van der Waals surface area (Å²) in [6.45, 7) is 1.80. The maximum atomic E-state index is 12.5. The molecule has 0 radical (unpaired) electrons. The molecule has 128 valence electrons. The predicted molar refractivity (Wildman–Crippen MR) is 101 cm³/mol. The Hall–Kier alpha value is -2.25. The van der Waals surface area contributed by atoms with Gasteiger partial charge in [-0.3, -0.25) is 4.79 Å². The largest absolute Gasteiger partial charge is 0.480 e. The molecule has 2 aromatic carbocycles. The van der Waals surface area contributed by atoms with Crippen LogP contribution in [0.3, 0.4) is 0 Å². The van der Waals surface area contributed by atoms with Crippen molar-refractivity contribution in [1.82, 2.24) is 4.57 Å². The summed E-state index contributed by atoms with van der Waals surface area (Å²) in [7, 11) is 0. The summed E-state index contributed by atoms with van der Waals surface area (Å²) < 4.78 is 3.32. The minimum atomic E-state index is -0.942. The van der Waals surface area contributed by atoms with Crippen LogP contribution < -0.4 is 4.80 Å². The first-order valence-corrected chi connectivity index (χ1v) is 9.29. The fourth-order valence-electron chi connectivity index (χ4n) is 2.61. The van der Waals surface area contributed by atoms with Gasteiger partial charge in [0.25, 0.3) is 5.91 Å². The summed E-state index contributed by atoms with van der Waals surface area (Å²) in [5.41, 5.74) is 1.21. The fourth-order valence-corrected chi connectivity index (χ4v) is 4.08. The second-order valence-corrected chi connectivity index (χ2v) is 7.34. The number of halogens is 1. The molecular formula is C18H15BrN2O3S. The Bertz CT molecular complexity index is 1020. The number of amides is 1. The Morgan fingerprint density at radius 1 is 1.24 bits per heavy atom. The van der Waals surface area contributed by atoms with Gasteiger partial charge in [-0.1, -0.05) is 52.4 Å². The molecule has 0 saturated heterocycles. The molecule has 0 saturated carbocycles. The molecule has 3 rings (SSSR count). The molecule has 0 aliphatic carbocycles. The van der Waals surface area contributed by atoms with E-state index in [9.17, 15) is 14.7 Å². The van der Waals surface area contributed by atoms with E-state index in [1.165, 1.54) is 11.3 Å². The molecule has 1 N–H and O–H groups in total. The third-order valence-electron chi connectivity index (χ3n) is 3.78. The van der Waals surface area contributed by atoms with Crippen LogP contribution in [0.25, 0.3) is 10.2 Å². The van der Waals surface area contributed by atoms with Crippen LogP contribution in [0, 0.1) is 0 Å².